The molecule has 2 aromatic rings. The third kappa shape index (κ3) is 3.72. The van der Waals surface area contributed by atoms with E-state index in [1.807, 2.05) is 0 Å². The molecule has 0 bridgehead atoms. The minimum atomic E-state index is -0.888. The molecule has 1 atom stereocenters. The van der Waals surface area contributed by atoms with Gasteiger partial charge in [-0.05, 0) is 36.8 Å². The SMILES string of the molecule is COC(=O)C(NC(=O)c1ccc(C)o1)c1ccc(Br)cc1. The van der Waals surface area contributed by atoms with Gasteiger partial charge >= 0.3 is 5.97 Å². The topological polar surface area (TPSA) is 68.5 Å². The van der Waals surface area contributed by atoms with E-state index >= 15 is 0 Å². The standard InChI is InChI=1S/C15H14BrNO4/c1-9-3-8-12(21-9)14(18)17-13(15(19)20-2)10-4-6-11(16)7-5-10/h3-8,13H,1-2H3,(H,17,18). The number of esters is 1. The molecule has 0 saturated carbocycles. The molecule has 1 aromatic heterocycles. The summed E-state index contributed by atoms with van der Waals surface area (Å²) in [6.07, 6.45) is 0. The van der Waals surface area contributed by atoms with Crippen molar-refractivity contribution in [3.05, 3.63) is 58.0 Å². The second-order valence-corrected chi connectivity index (χ2v) is 5.31. The predicted molar refractivity (Wildman–Crippen MR) is 79.8 cm³/mol. The van der Waals surface area contributed by atoms with Crippen LogP contribution in [0.15, 0.2) is 45.3 Å². The van der Waals surface area contributed by atoms with Crippen molar-refractivity contribution in [2.75, 3.05) is 7.11 Å². The summed E-state index contributed by atoms with van der Waals surface area (Å²) in [7, 11) is 1.28. The van der Waals surface area contributed by atoms with E-state index in [2.05, 4.69) is 21.2 Å². The molecule has 0 radical (unpaired) electrons. The molecule has 1 unspecified atom stereocenters. The Kier molecular flexibility index (Phi) is 4.80. The highest BCUT2D eigenvalue weighted by molar-refractivity contribution is 9.10. The molecule has 2 rings (SSSR count). The molecule has 0 saturated heterocycles. The van der Waals surface area contributed by atoms with Gasteiger partial charge in [-0.25, -0.2) is 4.79 Å². The molecule has 1 N–H and O–H groups in total. The third-order valence-electron chi connectivity index (χ3n) is 2.88. The molecule has 0 aliphatic heterocycles. The van der Waals surface area contributed by atoms with Gasteiger partial charge in [0.05, 0.1) is 7.11 Å². The molecule has 5 nitrogen and oxygen atoms in total. The number of carbonyl (C=O) groups excluding carboxylic acids is 2. The van der Waals surface area contributed by atoms with E-state index in [0.717, 1.165) is 4.47 Å². The van der Waals surface area contributed by atoms with Crippen molar-refractivity contribution in [2.45, 2.75) is 13.0 Å². The average Bonchev–Trinajstić information content (AvgIpc) is 2.91. The molecule has 110 valence electrons. The maximum absolute atomic E-state index is 12.1. The summed E-state index contributed by atoms with van der Waals surface area (Å²) in [6, 6.07) is 9.39. The third-order valence-corrected chi connectivity index (χ3v) is 3.41. The predicted octanol–water partition coefficient (Wildman–Crippen LogP) is 2.99. The number of halogens is 1. The number of ether oxygens (including phenoxy) is 1. The molecule has 0 aliphatic rings. The van der Waals surface area contributed by atoms with E-state index in [1.54, 1.807) is 43.3 Å². The van der Waals surface area contributed by atoms with Crippen molar-refractivity contribution >= 4 is 27.8 Å². The fourth-order valence-corrected chi connectivity index (χ4v) is 2.07. The lowest BCUT2D eigenvalue weighted by molar-refractivity contribution is -0.143. The first-order chi connectivity index (χ1) is 10.0. The average molecular weight is 352 g/mol. The van der Waals surface area contributed by atoms with Crippen molar-refractivity contribution in [3.63, 3.8) is 0 Å². The maximum atomic E-state index is 12.1. The van der Waals surface area contributed by atoms with E-state index in [0.29, 0.717) is 11.3 Å². The van der Waals surface area contributed by atoms with Crippen LogP contribution in [0.1, 0.15) is 27.9 Å². The number of methoxy groups -OCH3 is 1. The molecule has 6 heteroatoms. The normalized spacial score (nSPS) is 11.8. The zero-order valence-corrected chi connectivity index (χ0v) is 13.1. The van der Waals surface area contributed by atoms with Crippen molar-refractivity contribution < 1.29 is 18.7 Å². The minimum absolute atomic E-state index is 0.151. The highest BCUT2D eigenvalue weighted by Gasteiger charge is 2.25. The van der Waals surface area contributed by atoms with Gasteiger partial charge in [-0.2, -0.15) is 0 Å². The highest BCUT2D eigenvalue weighted by Crippen LogP contribution is 2.19. The Morgan fingerprint density at radius 1 is 1.19 bits per heavy atom. The van der Waals surface area contributed by atoms with Gasteiger partial charge in [0.15, 0.2) is 11.8 Å². The fourth-order valence-electron chi connectivity index (χ4n) is 1.81. The van der Waals surface area contributed by atoms with Crippen LogP contribution in [0.5, 0.6) is 0 Å². The van der Waals surface area contributed by atoms with Gasteiger partial charge in [0.25, 0.3) is 5.91 Å². The van der Waals surface area contributed by atoms with E-state index in [9.17, 15) is 9.59 Å². The lowest BCUT2D eigenvalue weighted by Gasteiger charge is -2.16. The Hall–Kier alpha value is -2.08. The first-order valence-corrected chi connectivity index (χ1v) is 7.01. The number of hydrogen-bond acceptors (Lipinski definition) is 4. The molecular weight excluding hydrogens is 338 g/mol. The van der Waals surface area contributed by atoms with Crippen LogP contribution < -0.4 is 5.32 Å². The molecular formula is C15H14BrNO4. The first kappa shape index (κ1) is 15.3. The van der Waals surface area contributed by atoms with Crippen LogP contribution in [0.4, 0.5) is 0 Å². The molecule has 1 heterocycles. The Morgan fingerprint density at radius 2 is 1.86 bits per heavy atom. The second kappa shape index (κ2) is 6.58. The van der Waals surface area contributed by atoms with Crippen LogP contribution in [0, 0.1) is 6.92 Å². The number of furan rings is 1. The van der Waals surface area contributed by atoms with Crippen molar-refractivity contribution in [3.8, 4) is 0 Å². The number of carbonyl (C=O) groups is 2. The van der Waals surface area contributed by atoms with Crippen LogP contribution in [0.2, 0.25) is 0 Å². The van der Waals surface area contributed by atoms with Crippen molar-refractivity contribution in [2.24, 2.45) is 0 Å². The van der Waals surface area contributed by atoms with Crippen LogP contribution in [0.3, 0.4) is 0 Å². The number of nitrogens with one attached hydrogen (secondary N) is 1. The van der Waals surface area contributed by atoms with E-state index in [4.69, 9.17) is 9.15 Å². The lowest BCUT2D eigenvalue weighted by atomic mass is 10.1. The van der Waals surface area contributed by atoms with E-state index < -0.39 is 17.9 Å². The fraction of sp³-hybridized carbons (Fsp3) is 0.200. The second-order valence-electron chi connectivity index (χ2n) is 4.39. The van der Waals surface area contributed by atoms with E-state index in [-0.39, 0.29) is 5.76 Å². The summed E-state index contributed by atoms with van der Waals surface area (Å²) in [4.78, 5) is 24.0. The van der Waals surface area contributed by atoms with Gasteiger partial charge in [0, 0.05) is 4.47 Å². The molecule has 0 spiro atoms. The zero-order valence-electron chi connectivity index (χ0n) is 11.6. The van der Waals surface area contributed by atoms with Gasteiger partial charge in [-0.15, -0.1) is 0 Å². The Morgan fingerprint density at radius 3 is 2.38 bits per heavy atom. The Bertz CT molecular complexity index is 648. The number of benzene rings is 1. The van der Waals surface area contributed by atoms with Crippen molar-refractivity contribution in [1.82, 2.24) is 5.32 Å². The molecule has 0 aliphatic carbocycles. The molecule has 21 heavy (non-hydrogen) atoms. The summed E-state index contributed by atoms with van der Waals surface area (Å²) < 4.78 is 10.9. The number of rotatable bonds is 4. The highest BCUT2D eigenvalue weighted by atomic mass is 79.9. The van der Waals surface area contributed by atoms with Gasteiger partial charge < -0.3 is 14.5 Å². The van der Waals surface area contributed by atoms with Crippen LogP contribution in [-0.4, -0.2) is 19.0 Å². The van der Waals surface area contributed by atoms with Crippen LogP contribution >= 0.6 is 15.9 Å². The van der Waals surface area contributed by atoms with E-state index in [1.165, 1.54) is 7.11 Å². The van der Waals surface area contributed by atoms with Gasteiger partial charge in [-0.3, -0.25) is 4.79 Å². The Balaban J connectivity index is 2.23. The smallest absolute Gasteiger partial charge is 0.333 e. The Labute approximate surface area is 130 Å². The summed E-state index contributed by atoms with van der Waals surface area (Å²) in [6.45, 7) is 1.74. The molecule has 0 fully saturated rings. The number of aryl methyl sites for hydroxylation is 1. The zero-order chi connectivity index (χ0) is 15.4. The monoisotopic (exact) mass is 351 g/mol. The number of amides is 1. The molecule has 1 amide bonds. The van der Waals surface area contributed by atoms with Gasteiger partial charge in [-0.1, -0.05) is 28.1 Å². The van der Waals surface area contributed by atoms with Crippen LogP contribution in [0.25, 0.3) is 0 Å². The minimum Gasteiger partial charge on any atom is -0.467 e. The largest absolute Gasteiger partial charge is 0.467 e. The van der Waals surface area contributed by atoms with Crippen molar-refractivity contribution in [1.29, 1.82) is 0 Å². The number of hydrogen-bond donors (Lipinski definition) is 1. The summed E-state index contributed by atoms with van der Waals surface area (Å²) >= 11 is 3.32. The van der Waals surface area contributed by atoms with Crippen LogP contribution in [-0.2, 0) is 9.53 Å². The summed E-state index contributed by atoms with van der Waals surface area (Å²) in [5.74, 6) is -0.243. The molecule has 1 aromatic carbocycles. The maximum Gasteiger partial charge on any atom is 0.333 e. The first-order valence-electron chi connectivity index (χ1n) is 6.22. The van der Waals surface area contributed by atoms with Gasteiger partial charge in [0.1, 0.15) is 5.76 Å². The summed E-state index contributed by atoms with van der Waals surface area (Å²) in [5.41, 5.74) is 0.627. The quantitative estimate of drug-likeness (QED) is 0.859. The summed E-state index contributed by atoms with van der Waals surface area (Å²) in [5, 5.41) is 2.61. The van der Waals surface area contributed by atoms with Gasteiger partial charge in [0.2, 0.25) is 0 Å². The lowest BCUT2D eigenvalue weighted by Crippen LogP contribution is -2.34.